The molecule has 1 saturated heterocycles. The van der Waals surface area contributed by atoms with Crippen molar-refractivity contribution in [3.05, 3.63) is 63.1 Å². The van der Waals surface area contributed by atoms with Crippen LogP contribution in [0.1, 0.15) is 79.2 Å². The molecule has 2 aliphatic carbocycles. The Bertz CT molecular complexity index is 1190. The Hall–Kier alpha value is -2.41. The van der Waals surface area contributed by atoms with Crippen LogP contribution in [0, 0.1) is 6.92 Å². The largest absolute Gasteiger partial charge is 0.353 e. The number of carbonyl (C=O) groups excluding carboxylic acids is 1. The van der Waals surface area contributed by atoms with Gasteiger partial charge in [0.1, 0.15) is 0 Å². The van der Waals surface area contributed by atoms with Crippen molar-refractivity contribution in [3.8, 4) is 0 Å². The van der Waals surface area contributed by atoms with Crippen LogP contribution >= 0.6 is 0 Å². The molecule has 31 heavy (non-hydrogen) atoms. The van der Waals surface area contributed by atoms with E-state index in [2.05, 4.69) is 10.3 Å². The number of aryl methyl sites for hydroxylation is 1. The van der Waals surface area contributed by atoms with E-state index in [0.717, 1.165) is 54.5 Å². The Morgan fingerprint density at radius 1 is 1.03 bits per heavy atom. The topological polar surface area (TPSA) is 96.1 Å². The van der Waals surface area contributed by atoms with E-state index in [-0.39, 0.29) is 28.7 Å². The number of H-pyrrole nitrogens is 1. The Labute approximate surface area is 182 Å². The van der Waals surface area contributed by atoms with Gasteiger partial charge in [-0.3, -0.25) is 9.59 Å². The van der Waals surface area contributed by atoms with Crippen LogP contribution in [0.4, 0.5) is 0 Å². The van der Waals surface area contributed by atoms with Crippen molar-refractivity contribution in [2.45, 2.75) is 79.9 Å². The van der Waals surface area contributed by atoms with E-state index in [9.17, 15) is 18.0 Å². The molecular weight excluding hydrogens is 412 g/mol. The first kappa shape index (κ1) is 20.5. The molecule has 0 radical (unpaired) electrons. The van der Waals surface area contributed by atoms with Crippen molar-refractivity contribution < 1.29 is 13.2 Å². The van der Waals surface area contributed by atoms with Crippen LogP contribution in [0.25, 0.3) is 0 Å². The third-order valence-electron chi connectivity index (χ3n) is 6.83. The van der Waals surface area contributed by atoms with Gasteiger partial charge in [-0.2, -0.15) is 0 Å². The summed E-state index contributed by atoms with van der Waals surface area (Å²) in [6.45, 7) is 1.84. The van der Waals surface area contributed by atoms with Gasteiger partial charge in [0.15, 0.2) is 9.84 Å². The average Bonchev–Trinajstić information content (AvgIpc) is 3.64. The number of aromatic amines is 1. The summed E-state index contributed by atoms with van der Waals surface area (Å²) in [5.41, 5.74) is 3.32. The number of aromatic nitrogens is 1. The normalized spacial score (nSPS) is 22.4. The van der Waals surface area contributed by atoms with Crippen LogP contribution in [0.15, 0.2) is 40.0 Å². The highest BCUT2D eigenvalue weighted by atomic mass is 32.2. The van der Waals surface area contributed by atoms with Gasteiger partial charge in [0, 0.05) is 29.6 Å². The first-order chi connectivity index (χ1) is 14.8. The summed E-state index contributed by atoms with van der Waals surface area (Å²) in [5, 5.41) is 2.78. The molecule has 5 rings (SSSR count). The molecule has 3 aliphatic rings. The van der Waals surface area contributed by atoms with Crippen molar-refractivity contribution in [2.24, 2.45) is 0 Å². The third-order valence-corrected chi connectivity index (χ3v) is 9.25. The summed E-state index contributed by atoms with van der Waals surface area (Å²) < 4.78 is 25.5. The van der Waals surface area contributed by atoms with Crippen molar-refractivity contribution in [1.82, 2.24) is 10.3 Å². The molecular formula is C24H28N2O4S. The molecule has 6 nitrogen and oxygen atoms in total. The van der Waals surface area contributed by atoms with Gasteiger partial charge in [-0.05, 0) is 74.6 Å². The molecule has 2 aromatic rings. The summed E-state index contributed by atoms with van der Waals surface area (Å²) in [5.74, 6) is 0.309. The Kier molecular flexibility index (Phi) is 5.04. The molecule has 7 heteroatoms. The highest BCUT2D eigenvalue weighted by molar-refractivity contribution is 7.92. The zero-order valence-electron chi connectivity index (χ0n) is 17.7. The minimum Gasteiger partial charge on any atom is -0.353 e. The number of benzene rings is 1. The number of carbonyl (C=O) groups is 1. The predicted octanol–water partition coefficient (Wildman–Crippen LogP) is 3.30. The maximum atomic E-state index is 12.7. The maximum Gasteiger partial charge on any atom is 0.251 e. The second-order valence-electron chi connectivity index (χ2n) is 9.33. The highest BCUT2D eigenvalue weighted by Gasteiger charge is 2.38. The third kappa shape index (κ3) is 4.07. The van der Waals surface area contributed by atoms with Gasteiger partial charge in [-0.15, -0.1) is 0 Å². The molecule has 2 N–H and O–H groups in total. The monoisotopic (exact) mass is 440 g/mol. The van der Waals surface area contributed by atoms with E-state index in [1.807, 2.05) is 31.2 Å². The fourth-order valence-corrected chi connectivity index (χ4v) is 6.65. The smallest absolute Gasteiger partial charge is 0.251 e. The lowest BCUT2D eigenvalue weighted by molar-refractivity contribution is -0.119. The molecule has 1 aromatic heterocycles. The quantitative estimate of drug-likeness (QED) is 0.690. The summed E-state index contributed by atoms with van der Waals surface area (Å²) in [6.07, 6.45) is 5.56. The second-order valence-corrected chi connectivity index (χ2v) is 11.5. The lowest BCUT2D eigenvalue weighted by Gasteiger charge is -2.23. The van der Waals surface area contributed by atoms with Crippen molar-refractivity contribution >= 4 is 15.7 Å². The van der Waals surface area contributed by atoms with Crippen LogP contribution in [-0.2, 0) is 14.6 Å². The minimum atomic E-state index is -3.26. The van der Waals surface area contributed by atoms with Crippen LogP contribution in [-0.4, -0.2) is 30.6 Å². The van der Waals surface area contributed by atoms with E-state index >= 15 is 0 Å². The molecule has 3 fully saturated rings. The Morgan fingerprint density at radius 3 is 2.39 bits per heavy atom. The minimum absolute atomic E-state index is 0.0369. The first-order valence-corrected chi connectivity index (χ1v) is 12.7. The molecule has 1 aromatic carbocycles. The zero-order chi connectivity index (χ0) is 21.8. The number of hydrogen-bond acceptors (Lipinski definition) is 4. The van der Waals surface area contributed by atoms with Gasteiger partial charge in [0.05, 0.1) is 10.1 Å². The van der Waals surface area contributed by atoms with E-state index in [1.54, 1.807) is 6.07 Å². The van der Waals surface area contributed by atoms with E-state index < -0.39 is 9.84 Å². The van der Waals surface area contributed by atoms with Crippen LogP contribution in [0.3, 0.4) is 0 Å². The molecule has 1 unspecified atom stereocenters. The predicted molar refractivity (Wildman–Crippen MR) is 118 cm³/mol. The standard InChI is InChI=1S/C24H28N2O4S/c1-14-12-16(4-10-22(14)31(29,30)18-6-7-18)20(13-17-5-11-23(27)25-17)21-9-8-19(15-2-3-15)24(28)26-21/h4,8-10,12,15,17-18,20H,2-3,5-7,11,13H2,1H3,(H,25,27)(H,26,28)/t17-,20?/m1/s1. The average molecular weight is 441 g/mol. The van der Waals surface area contributed by atoms with Gasteiger partial charge < -0.3 is 10.3 Å². The van der Waals surface area contributed by atoms with Crippen LogP contribution in [0.2, 0.25) is 0 Å². The van der Waals surface area contributed by atoms with Crippen LogP contribution < -0.4 is 10.9 Å². The lowest BCUT2D eigenvalue weighted by atomic mass is 9.87. The van der Waals surface area contributed by atoms with Crippen LogP contribution in [0.5, 0.6) is 0 Å². The van der Waals surface area contributed by atoms with Gasteiger partial charge in [-0.25, -0.2) is 8.42 Å². The van der Waals surface area contributed by atoms with Crippen molar-refractivity contribution in [3.63, 3.8) is 0 Å². The molecule has 1 amide bonds. The van der Waals surface area contributed by atoms with Crippen molar-refractivity contribution in [1.29, 1.82) is 0 Å². The van der Waals surface area contributed by atoms with Gasteiger partial charge in [0.2, 0.25) is 5.91 Å². The number of hydrogen-bond donors (Lipinski definition) is 2. The Morgan fingerprint density at radius 2 is 1.81 bits per heavy atom. The lowest BCUT2D eigenvalue weighted by Crippen LogP contribution is -2.28. The van der Waals surface area contributed by atoms with E-state index in [0.29, 0.717) is 23.7 Å². The molecule has 164 valence electrons. The molecule has 2 saturated carbocycles. The van der Waals surface area contributed by atoms with Gasteiger partial charge in [0.25, 0.3) is 5.56 Å². The Balaban J connectivity index is 1.51. The molecule has 1 aliphatic heterocycles. The molecule has 2 heterocycles. The number of amides is 1. The maximum absolute atomic E-state index is 12.7. The SMILES string of the molecule is Cc1cc(C(C[C@H]2CCC(=O)N2)c2ccc(C3CC3)c(=O)[nH]2)ccc1S(=O)(=O)C1CC1. The fraction of sp³-hybridized carbons (Fsp3) is 0.500. The highest BCUT2D eigenvalue weighted by Crippen LogP contribution is 2.39. The number of sulfone groups is 1. The second kappa shape index (κ2) is 7.62. The number of rotatable bonds is 7. The summed E-state index contributed by atoms with van der Waals surface area (Å²) in [7, 11) is -3.26. The first-order valence-electron chi connectivity index (χ1n) is 11.2. The molecule has 0 bridgehead atoms. The van der Waals surface area contributed by atoms with E-state index in [4.69, 9.17) is 0 Å². The number of pyridine rings is 1. The van der Waals surface area contributed by atoms with Gasteiger partial charge in [-0.1, -0.05) is 18.2 Å². The summed E-state index contributed by atoms with van der Waals surface area (Å²) >= 11 is 0. The molecule has 0 spiro atoms. The summed E-state index contributed by atoms with van der Waals surface area (Å²) in [4.78, 5) is 27.9. The molecule has 2 atom stereocenters. The van der Waals surface area contributed by atoms with Gasteiger partial charge >= 0.3 is 0 Å². The van der Waals surface area contributed by atoms with E-state index in [1.165, 1.54) is 0 Å². The zero-order valence-corrected chi connectivity index (χ0v) is 18.5. The number of nitrogens with one attached hydrogen (secondary N) is 2. The summed E-state index contributed by atoms with van der Waals surface area (Å²) in [6, 6.07) is 9.49. The fourth-order valence-electron chi connectivity index (χ4n) is 4.77. The van der Waals surface area contributed by atoms with Crippen molar-refractivity contribution in [2.75, 3.05) is 0 Å².